The Kier molecular flexibility index (Phi) is 6.34. The highest BCUT2D eigenvalue weighted by Gasteiger charge is 2.54. The maximum absolute atomic E-state index is 12.9. The van der Waals surface area contributed by atoms with Gasteiger partial charge in [-0.05, 0) is 105 Å². The lowest BCUT2D eigenvalue weighted by Gasteiger charge is -2.48. The molecule has 0 bridgehead atoms. The standard InChI is InChI=1S/C29H34BrNO3/c1-4-31(5-2)28(33)34-26-16-19-8-11-22-21(14-15-29(3)25(22)12-13-27(29)32)23(19)17-24(26)18-6-9-20(30)10-7-18/h6-7,9-10,16-17,21-22,25H,4-5,8,11-15H2,1-3H3/t21-,22+,25-,29-/m0/s1. The van der Waals surface area contributed by atoms with Gasteiger partial charge in [0.15, 0.2) is 0 Å². The van der Waals surface area contributed by atoms with Crippen LogP contribution in [0.4, 0.5) is 4.79 Å². The number of carbonyl (C=O) groups excluding carboxylic acids is 2. The number of fused-ring (bicyclic) bond motifs is 5. The van der Waals surface area contributed by atoms with E-state index in [1.165, 1.54) is 11.1 Å². The predicted octanol–water partition coefficient (Wildman–Crippen LogP) is 7.38. The highest BCUT2D eigenvalue weighted by Crippen LogP contribution is 2.60. The lowest BCUT2D eigenvalue weighted by molar-refractivity contribution is -0.129. The number of Topliss-reactive ketones (excluding diaryl/α,β-unsaturated/α-hetero) is 1. The highest BCUT2D eigenvalue weighted by molar-refractivity contribution is 9.10. The zero-order valence-electron chi connectivity index (χ0n) is 20.4. The minimum absolute atomic E-state index is 0.119. The minimum atomic E-state index is -0.296. The molecule has 0 saturated heterocycles. The molecule has 2 saturated carbocycles. The molecule has 0 N–H and O–H groups in total. The van der Waals surface area contributed by atoms with Crippen molar-refractivity contribution in [3.05, 3.63) is 52.0 Å². The second kappa shape index (κ2) is 9.14. The third-order valence-electron chi connectivity index (χ3n) is 8.91. The van der Waals surface area contributed by atoms with Gasteiger partial charge in [-0.1, -0.05) is 35.0 Å². The number of nitrogens with zero attached hydrogens (tertiary/aromatic N) is 1. The summed E-state index contributed by atoms with van der Waals surface area (Å²) in [5, 5.41) is 0. The molecule has 0 heterocycles. The molecule has 5 heteroatoms. The number of rotatable bonds is 4. The Balaban J connectivity index is 1.55. The van der Waals surface area contributed by atoms with Crippen LogP contribution in [0.1, 0.15) is 69.9 Å². The first-order chi connectivity index (χ1) is 16.4. The van der Waals surface area contributed by atoms with Crippen molar-refractivity contribution in [1.29, 1.82) is 0 Å². The number of aryl methyl sites for hydroxylation is 1. The summed E-state index contributed by atoms with van der Waals surface area (Å²) < 4.78 is 7.03. The lowest BCUT2D eigenvalue weighted by Crippen LogP contribution is -2.42. The number of halogens is 1. The third kappa shape index (κ3) is 3.90. The summed E-state index contributed by atoms with van der Waals surface area (Å²) in [6.07, 6.45) is 5.65. The van der Waals surface area contributed by atoms with E-state index in [1.807, 2.05) is 26.0 Å². The van der Waals surface area contributed by atoms with Crippen molar-refractivity contribution in [2.24, 2.45) is 17.3 Å². The number of amides is 1. The van der Waals surface area contributed by atoms with Crippen LogP contribution >= 0.6 is 15.9 Å². The summed E-state index contributed by atoms with van der Waals surface area (Å²) in [7, 11) is 0. The number of ether oxygens (including phenoxy) is 1. The van der Waals surface area contributed by atoms with Gasteiger partial charge < -0.3 is 9.64 Å². The molecular formula is C29H34BrNO3. The van der Waals surface area contributed by atoms with Gasteiger partial charge in [0.05, 0.1) is 0 Å². The van der Waals surface area contributed by atoms with E-state index in [1.54, 1.807) is 4.90 Å². The van der Waals surface area contributed by atoms with Gasteiger partial charge in [-0.25, -0.2) is 4.79 Å². The van der Waals surface area contributed by atoms with E-state index in [-0.39, 0.29) is 11.5 Å². The number of hydrogen-bond acceptors (Lipinski definition) is 3. The summed E-state index contributed by atoms with van der Waals surface area (Å²) >= 11 is 3.54. The van der Waals surface area contributed by atoms with Gasteiger partial charge in [0.2, 0.25) is 0 Å². The zero-order valence-corrected chi connectivity index (χ0v) is 22.0. The first kappa shape index (κ1) is 23.6. The molecule has 3 aliphatic carbocycles. The normalized spacial score (nSPS) is 27.5. The molecule has 3 aliphatic rings. The first-order valence-corrected chi connectivity index (χ1v) is 13.6. The van der Waals surface area contributed by atoms with Gasteiger partial charge in [-0.3, -0.25) is 4.79 Å². The van der Waals surface area contributed by atoms with Crippen LogP contribution in [0.3, 0.4) is 0 Å². The summed E-state index contributed by atoms with van der Waals surface area (Å²) in [6, 6.07) is 12.6. The van der Waals surface area contributed by atoms with Crippen molar-refractivity contribution >= 4 is 27.8 Å². The average Bonchev–Trinajstić information content (AvgIpc) is 3.14. The molecule has 0 unspecified atom stereocenters. The van der Waals surface area contributed by atoms with Gasteiger partial charge in [0.25, 0.3) is 0 Å². The van der Waals surface area contributed by atoms with Crippen molar-refractivity contribution in [2.75, 3.05) is 13.1 Å². The maximum Gasteiger partial charge on any atom is 0.415 e. The Bertz CT molecular complexity index is 1110. The molecule has 2 fully saturated rings. The summed E-state index contributed by atoms with van der Waals surface area (Å²) in [4.78, 5) is 27.3. The fourth-order valence-corrected chi connectivity index (χ4v) is 7.21. The summed E-state index contributed by atoms with van der Waals surface area (Å²) in [5.41, 5.74) is 4.61. The largest absolute Gasteiger partial charge is 0.415 e. The molecule has 2 aromatic rings. The smallest absolute Gasteiger partial charge is 0.410 e. The molecule has 2 aromatic carbocycles. The topological polar surface area (TPSA) is 46.6 Å². The van der Waals surface area contributed by atoms with E-state index < -0.39 is 0 Å². The number of ketones is 1. The molecule has 0 aromatic heterocycles. The van der Waals surface area contributed by atoms with Crippen molar-refractivity contribution in [3.8, 4) is 16.9 Å². The van der Waals surface area contributed by atoms with Gasteiger partial charge in [0, 0.05) is 35.0 Å². The average molecular weight is 524 g/mol. The van der Waals surface area contributed by atoms with E-state index in [4.69, 9.17) is 4.74 Å². The molecule has 0 aliphatic heterocycles. The van der Waals surface area contributed by atoms with E-state index in [9.17, 15) is 9.59 Å². The van der Waals surface area contributed by atoms with E-state index >= 15 is 0 Å². The van der Waals surface area contributed by atoms with Crippen LogP contribution in [0.25, 0.3) is 11.1 Å². The van der Waals surface area contributed by atoms with Crippen LogP contribution in [0.15, 0.2) is 40.9 Å². The lowest BCUT2D eigenvalue weighted by atomic mass is 9.55. The molecule has 1 amide bonds. The summed E-state index contributed by atoms with van der Waals surface area (Å²) in [6.45, 7) is 7.41. The molecule has 180 valence electrons. The fraction of sp³-hybridized carbons (Fsp3) is 0.517. The van der Waals surface area contributed by atoms with Crippen LogP contribution in [0.5, 0.6) is 5.75 Å². The van der Waals surface area contributed by atoms with Gasteiger partial charge in [-0.15, -0.1) is 0 Å². The quantitative estimate of drug-likeness (QED) is 0.419. The van der Waals surface area contributed by atoms with Crippen molar-refractivity contribution in [1.82, 2.24) is 4.90 Å². The van der Waals surface area contributed by atoms with Crippen molar-refractivity contribution < 1.29 is 14.3 Å². The first-order valence-electron chi connectivity index (χ1n) is 12.8. The molecule has 4 nitrogen and oxygen atoms in total. The van der Waals surface area contributed by atoms with Gasteiger partial charge in [0.1, 0.15) is 11.5 Å². The van der Waals surface area contributed by atoms with E-state index in [2.05, 4.69) is 47.1 Å². The maximum atomic E-state index is 12.9. The Labute approximate surface area is 211 Å². The van der Waals surface area contributed by atoms with Gasteiger partial charge >= 0.3 is 6.09 Å². The van der Waals surface area contributed by atoms with E-state index in [0.717, 1.165) is 54.1 Å². The highest BCUT2D eigenvalue weighted by atomic mass is 79.9. The predicted molar refractivity (Wildman–Crippen MR) is 138 cm³/mol. The second-order valence-corrected chi connectivity index (χ2v) is 11.3. The number of carbonyl (C=O) groups is 2. The number of hydrogen-bond donors (Lipinski definition) is 0. The van der Waals surface area contributed by atoms with Gasteiger partial charge in [-0.2, -0.15) is 0 Å². The Morgan fingerprint density at radius 1 is 1.09 bits per heavy atom. The molecule has 4 atom stereocenters. The zero-order chi connectivity index (χ0) is 24.0. The molecule has 34 heavy (non-hydrogen) atoms. The third-order valence-corrected chi connectivity index (χ3v) is 9.44. The minimum Gasteiger partial charge on any atom is -0.410 e. The van der Waals surface area contributed by atoms with Crippen LogP contribution in [-0.2, 0) is 11.2 Å². The molecule has 0 radical (unpaired) electrons. The Morgan fingerprint density at radius 3 is 2.53 bits per heavy atom. The van der Waals surface area contributed by atoms with E-state index in [0.29, 0.717) is 42.4 Å². The SMILES string of the molecule is CCN(CC)C(=O)Oc1cc2c(cc1-c1ccc(Br)cc1)[C@H]1CC[C@]3(C)C(=O)CC[C@H]3[C@@H]1CC2. The Morgan fingerprint density at radius 2 is 1.82 bits per heavy atom. The second-order valence-electron chi connectivity index (χ2n) is 10.4. The van der Waals surface area contributed by atoms with Crippen LogP contribution in [0.2, 0.25) is 0 Å². The van der Waals surface area contributed by atoms with Crippen LogP contribution in [-0.4, -0.2) is 29.9 Å². The van der Waals surface area contributed by atoms with Crippen LogP contribution in [0, 0.1) is 17.3 Å². The Hall–Kier alpha value is -2.14. The van der Waals surface area contributed by atoms with Crippen LogP contribution < -0.4 is 4.74 Å². The fourth-order valence-electron chi connectivity index (χ4n) is 6.95. The number of benzene rings is 2. The molecular weight excluding hydrogens is 490 g/mol. The van der Waals surface area contributed by atoms with Crippen molar-refractivity contribution in [2.45, 2.75) is 65.2 Å². The molecule has 0 spiro atoms. The molecule has 5 rings (SSSR count). The monoisotopic (exact) mass is 523 g/mol. The van der Waals surface area contributed by atoms with Crippen molar-refractivity contribution in [3.63, 3.8) is 0 Å². The summed E-state index contributed by atoms with van der Waals surface area (Å²) in [5.74, 6) is 2.68.